The summed E-state index contributed by atoms with van der Waals surface area (Å²) in [5.41, 5.74) is 2.72. The lowest BCUT2D eigenvalue weighted by molar-refractivity contribution is 0.240. The Bertz CT molecular complexity index is 781. The predicted octanol–water partition coefficient (Wildman–Crippen LogP) is 2.54. The van der Waals surface area contributed by atoms with Crippen molar-refractivity contribution in [2.45, 2.75) is 13.1 Å². The lowest BCUT2D eigenvalue weighted by Gasteiger charge is -2.09. The van der Waals surface area contributed by atoms with Crippen LogP contribution in [0.5, 0.6) is 0 Å². The van der Waals surface area contributed by atoms with E-state index in [1.54, 1.807) is 28.4 Å². The molecule has 0 radical (unpaired) electrons. The summed E-state index contributed by atoms with van der Waals surface area (Å²) < 4.78 is 1.73. The number of rotatable bonds is 5. The first kappa shape index (κ1) is 15.2. The van der Waals surface area contributed by atoms with Crippen LogP contribution in [0.15, 0.2) is 48.2 Å². The minimum atomic E-state index is -0.195. The third-order valence-corrected chi connectivity index (χ3v) is 4.19. The van der Waals surface area contributed by atoms with Gasteiger partial charge in [-0.2, -0.15) is 5.10 Å². The van der Waals surface area contributed by atoms with Crippen molar-refractivity contribution >= 4 is 17.4 Å². The van der Waals surface area contributed by atoms with E-state index in [2.05, 4.69) is 20.7 Å². The quantitative estimate of drug-likeness (QED) is 0.756. The Balaban J connectivity index is 1.61. The zero-order valence-corrected chi connectivity index (χ0v) is 13.5. The molecule has 2 N–H and O–H groups in total. The van der Waals surface area contributed by atoms with E-state index in [0.717, 1.165) is 21.7 Å². The molecule has 6 nitrogen and oxygen atoms in total. The van der Waals surface area contributed by atoms with Gasteiger partial charge in [0.2, 0.25) is 0 Å². The van der Waals surface area contributed by atoms with Crippen molar-refractivity contribution in [2.24, 2.45) is 7.05 Å². The lowest BCUT2D eigenvalue weighted by Crippen LogP contribution is -2.34. The number of nitrogens with one attached hydrogen (secondary N) is 2. The predicted molar refractivity (Wildman–Crippen MR) is 89.8 cm³/mol. The van der Waals surface area contributed by atoms with Crippen LogP contribution in [0.3, 0.4) is 0 Å². The molecule has 0 aliphatic heterocycles. The third kappa shape index (κ3) is 3.95. The Labute approximate surface area is 138 Å². The molecule has 3 heterocycles. The van der Waals surface area contributed by atoms with Crippen LogP contribution in [0.1, 0.15) is 10.4 Å². The summed E-state index contributed by atoms with van der Waals surface area (Å²) in [4.78, 5) is 17.4. The number of carbonyl (C=O) groups excluding carboxylic acids is 1. The lowest BCUT2D eigenvalue weighted by atomic mass is 10.1. The van der Waals surface area contributed by atoms with Crippen LogP contribution >= 0.6 is 11.3 Å². The summed E-state index contributed by atoms with van der Waals surface area (Å²) in [6.45, 7) is 0.945. The highest BCUT2D eigenvalue weighted by atomic mass is 32.1. The van der Waals surface area contributed by atoms with E-state index >= 15 is 0 Å². The standard InChI is InChI=1S/C16H17N5OS/c1-21-11-13(9-20-21)15-12(4-2-6-17-15)8-18-16(22)19-10-14-5-3-7-23-14/h2-7,9,11H,8,10H2,1H3,(H2,18,19,22). The molecule has 2 amide bonds. The number of thiophene rings is 1. The molecule has 0 aliphatic rings. The number of pyridine rings is 1. The van der Waals surface area contributed by atoms with Crippen molar-refractivity contribution in [1.29, 1.82) is 0 Å². The summed E-state index contributed by atoms with van der Waals surface area (Å²) in [5.74, 6) is 0. The molecule has 3 aromatic heterocycles. The van der Waals surface area contributed by atoms with Crippen LogP contribution in [0, 0.1) is 0 Å². The van der Waals surface area contributed by atoms with Crippen molar-refractivity contribution < 1.29 is 4.79 Å². The second kappa shape index (κ2) is 7.06. The van der Waals surface area contributed by atoms with Gasteiger partial charge in [0.25, 0.3) is 0 Å². The van der Waals surface area contributed by atoms with Gasteiger partial charge in [-0.3, -0.25) is 9.67 Å². The molecule has 3 rings (SSSR count). The van der Waals surface area contributed by atoms with Crippen molar-refractivity contribution in [3.05, 3.63) is 58.7 Å². The van der Waals surface area contributed by atoms with Gasteiger partial charge in [-0.25, -0.2) is 4.79 Å². The summed E-state index contributed by atoms with van der Waals surface area (Å²) in [5, 5.41) is 11.9. The maximum atomic E-state index is 11.9. The Hall–Kier alpha value is -2.67. The smallest absolute Gasteiger partial charge is 0.315 e. The summed E-state index contributed by atoms with van der Waals surface area (Å²) in [6, 6.07) is 7.58. The monoisotopic (exact) mass is 327 g/mol. The number of amides is 2. The Morgan fingerprint density at radius 1 is 1.26 bits per heavy atom. The minimum absolute atomic E-state index is 0.195. The van der Waals surface area contributed by atoms with Gasteiger partial charge in [0.1, 0.15) is 0 Å². The first-order chi connectivity index (χ1) is 11.2. The molecule has 0 atom stereocenters. The SMILES string of the molecule is Cn1cc(-c2ncccc2CNC(=O)NCc2cccs2)cn1. The van der Waals surface area contributed by atoms with E-state index in [4.69, 9.17) is 0 Å². The number of nitrogens with zero attached hydrogens (tertiary/aromatic N) is 3. The molecule has 0 unspecified atom stereocenters. The molecule has 0 aromatic carbocycles. The summed E-state index contributed by atoms with van der Waals surface area (Å²) in [7, 11) is 1.86. The molecule has 23 heavy (non-hydrogen) atoms. The average Bonchev–Trinajstić information content (AvgIpc) is 3.22. The Kier molecular flexibility index (Phi) is 4.68. The van der Waals surface area contributed by atoms with Crippen LogP contribution in [-0.4, -0.2) is 20.8 Å². The topological polar surface area (TPSA) is 71.8 Å². The molecule has 0 fully saturated rings. The fraction of sp³-hybridized carbons (Fsp3) is 0.188. The van der Waals surface area contributed by atoms with Crippen LogP contribution in [0.4, 0.5) is 4.79 Å². The highest BCUT2D eigenvalue weighted by molar-refractivity contribution is 7.09. The zero-order valence-electron chi connectivity index (χ0n) is 12.7. The first-order valence-electron chi connectivity index (χ1n) is 7.19. The van der Waals surface area contributed by atoms with Gasteiger partial charge in [-0.15, -0.1) is 11.3 Å². The van der Waals surface area contributed by atoms with E-state index in [0.29, 0.717) is 13.1 Å². The van der Waals surface area contributed by atoms with E-state index in [1.807, 2.05) is 42.9 Å². The van der Waals surface area contributed by atoms with Crippen molar-refractivity contribution in [3.8, 4) is 11.3 Å². The second-order valence-electron chi connectivity index (χ2n) is 5.03. The number of carbonyl (C=O) groups is 1. The van der Waals surface area contributed by atoms with E-state index in [-0.39, 0.29) is 6.03 Å². The van der Waals surface area contributed by atoms with E-state index in [1.165, 1.54) is 0 Å². The highest BCUT2D eigenvalue weighted by Crippen LogP contribution is 2.20. The second-order valence-corrected chi connectivity index (χ2v) is 6.06. The molecular weight excluding hydrogens is 310 g/mol. The maximum absolute atomic E-state index is 11.9. The maximum Gasteiger partial charge on any atom is 0.315 e. The van der Waals surface area contributed by atoms with E-state index < -0.39 is 0 Å². The summed E-state index contributed by atoms with van der Waals surface area (Å²) in [6.07, 6.45) is 5.41. The molecular formula is C16H17N5OS. The van der Waals surface area contributed by atoms with Crippen molar-refractivity contribution in [3.63, 3.8) is 0 Å². The first-order valence-corrected chi connectivity index (χ1v) is 8.07. The number of hydrogen-bond acceptors (Lipinski definition) is 4. The number of aromatic nitrogens is 3. The zero-order chi connectivity index (χ0) is 16.1. The van der Waals surface area contributed by atoms with Crippen LogP contribution in [0.25, 0.3) is 11.3 Å². The molecule has 118 valence electrons. The Morgan fingerprint density at radius 2 is 2.13 bits per heavy atom. The van der Waals surface area contributed by atoms with Gasteiger partial charge in [-0.05, 0) is 23.1 Å². The van der Waals surface area contributed by atoms with Crippen molar-refractivity contribution in [1.82, 2.24) is 25.4 Å². The van der Waals surface area contributed by atoms with Crippen LogP contribution < -0.4 is 10.6 Å². The molecule has 0 spiro atoms. The number of urea groups is 1. The number of aryl methyl sites for hydroxylation is 1. The fourth-order valence-electron chi connectivity index (χ4n) is 2.20. The van der Waals surface area contributed by atoms with Gasteiger partial charge in [0.05, 0.1) is 18.4 Å². The van der Waals surface area contributed by atoms with Crippen molar-refractivity contribution in [2.75, 3.05) is 0 Å². The Morgan fingerprint density at radius 3 is 2.87 bits per heavy atom. The molecule has 0 saturated carbocycles. The van der Waals surface area contributed by atoms with Gasteiger partial charge >= 0.3 is 6.03 Å². The third-order valence-electron chi connectivity index (χ3n) is 3.31. The normalized spacial score (nSPS) is 10.5. The fourth-order valence-corrected chi connectivity index (χ4v) is 2.85. The number of hydrogen-bond donors (Lipinski definition) is 2. The molecule has 0 aliphatic carbocycles. The van der Waals surface area contributed by atoms with Crippen LogP contribution in [0.2, 0.25) is 0 Å². The molecule has 0 saturated heterocycles. The summed E-state index contributed by atoms with van der Waals surface area (Å²) >= 11 is 1.62. The average molecular weight is 327 g/mol. The molecule has 3 aromatic rings. The minimum Gasteiger partial charge on any atom is -0.334 e. The van der Waals surface area contributed by atoms with Gasteiger partial charge in [0.15, 0.2) is 0 Å². The molecule has 0 bridgehead atoms. The van der Waals surface area contributed by atoms with Gasteiger partial charge < -0.3 is 10.6 Å². The molecule has 7 heteroatoms. The highest BCUT2D eigenvalue weighted by Gasteiger charge is 2.09. The van der Waals surface area contributed by atoms with Crippen LogP contribution in [-0.2, 0) is 20.1 Å². The van der Waals surface area contributed by atoms with Gasteiger partial charge in [-0.1, -0.05) is 12.1 Å². The van der Waals surface area contributed by atoms with Gasteiger partial charge in [0, 0.05) is 36.4 Å². The largest absolute Gasteiger partial charge is 0.334 e. The van der Waals surface area contributed by atoms with E-state index in [9.17, 15) is 4.79 Å².